The van der Waals surface area contributed by atoms with Gasteiger partial charge in [0, 0.05) is 19.5 Å². The first-order chi connectivity index (χ1) is 8.60. The monoisotopic (exact) mass is 247 g/mol. The summed E-state index contributed by atoms with van der Waals surface area (Å²) in [6.07, 6.45) is 0.639. The number of hydrogen-bond donors (Lipinski definition) is 0. The van der Waals surface area contributed by atoms with Crippen molar-refractivity contribution in [3.8, 4) is 0 Å². The van der Waals surface area contributed by atoms with E-state index in [1.165, 1.54) is 7.11 Å². The van der Waals surface area contributed by atoms with Crippen molar-refractivity contribution >= 4 is 11.9 Å². The van der Waals surface area contributed by atoms with Crippen LogP contribution in [0.5, 0.6) is 0 Å². The highest BCUT2D eigenvalue weighted by Gasteiger charge is 2.26. The molecule has 0 bridgehead atoms. The first-order valence-corrected chi connectivity index (χ1v) is 6.05. The van der Waals surface area contributed by atoms with E-state index >= 15 is 0 Å². The molecule has 4 heteroatoms. The van der Waals surface area contributed by atoms with E-state index in [2.05, 4.69) is 11.7 Å². The summed E-state index contributed by atoms with van der Waals surface area (Å²) >= 11 is 0. The van der Waals surface area contributed by atoms with Crippen LogP contribution in [0.15, 0.2) is 24.3 Å². The highest BCUT2D eigenvalue weighted by atomic mass is 16.5. The second-order valence-corrected chi connectivity index (χ2v) is 4.77. The molecule has 4 nitrogen and oxygen atoms in total. The van der Waals surface area contributed by atoms with E-state index in [4.69, 9.17) is 0 Å². The summed E-state index contributed by atoms with van der Waals surface area (Å²) < 4.78 is 4.64. The van der Waals surface area contributed by atoms with Gasteiger partial charge in [-0.1, -0.05) is 19.1 Å². The van der Waals surface area contributed by atoms with Crippen LogP contribution in [-0.2, 0) is 16.1 Å². The van der Waals surface area contributed by atoms with Gasteiger partial charge in [-0.05, 0) is 23.6 Å². The molecule has 1 aliphatic heterocycles. The smallest absolute Gasteiger partial charge is 0.337 e. The minimum absolute atomic E-state index is 0.208. The highest BCUT2D eigenvalue weighted by Crippen LogP contribution is 2.19. The van der Waals surface area contributed by atoms with Gasteiger partial charge in [0.1, 0.15) is 0 Å². The number of carbonyl (C=O) groups is 2. The van der Waals surface area contributed by atoms with Gasteiger partial charge in [-0.2, -0.15) is 0 Å². The minimum Gasteiger partial charge on any atom is -0.465 e. The Morgan fingerprint density at radius 3 is 2.56 bits per heavy atom. The van der Waals surface area contributed by atoms with Gasteiger partial charge in [0.05, 0.1) is 12.7 Å². The average Bonchev–Trinajstić information content (AvgIpc) is 2.68. The van der Waals surface area contributed by atoms with Crippen LogP contribution in [0, 0.1) is 5.92 Å². The molecular weight excluding hydrogens is 230 g/mol. The third kappa shape index (κ3) is 2.70. The van der Waals surface area contributed by atoms with Crippen LogP contribution in [0.2, 0.25) is 0 Å². The zero-order chi connectivity index (χ0) is 13.1. The lowest BCUT2D eigenvalue weighted by Crippen LogP contribution is -2.24. The van der Waals surface area contributed by atoms with E-state index < -0.39 is 0 Å². The van der Waals surface area contributed by atoms with Crippen LogP contribution in [0.1, 0.15) is 29.3 Å². The Morgan fingerprint density at radius 1 is 1.39 bits per heavy atom. The Morgan fingerprint density at radius 2 is 2.06 bits per heavy atom. The molecule has 0 spiro atoms. The number of methoxy groups -OCH3 is 1. The molecule has 1 aromatic carbocycles. The van der Waals surface area contributed by atoms with Crippen LogP contribution in [0.25, 0.3) is 0 Å². The molecule has 18 heavy (non-hydrogen) atoms. The maximum absolute atomic E-state index is 11.7. The van der Waals surface area contributed by atoms with Gasteiger partial charge in [0.25, 0.3) is 0 Å². The maximum Gasteiger partial charge on any atom is 0.337 e. The number of amides is 1. The Kier molecular flexibility index (Phi) is 3.65. The molecule has 1 fully saturated rings. The Hall–Kier alpha value is -1.84. The van der Waals surface area contributed by atoms with Crippen molar-refractivity contribution in [2.24, 2.45) is 5.92 Å². The van der Waals surface area contributed by atoms with Crippen molar-refractivity contribution in [1.82, 2.24) is 4.90 Å². The molecule has 1 atom stereocenters. The number of nitrogens with zero attached hydrogens (tertiary/aromatic N) is 1. The van der Waals surface area contributed by atoms with Crippen LogP contribution in [0.3, 0.4) is 0 Å². The first kappa shape index (κ1) is 12.6. The first-order valence-electron chi connectivity index (χ1n) is 6.05. The summed E-state index contributed by atoms with van der Waals surface area (Å²) in [5.41, 5.74) is 1.56. The second-order valence-electron chi connectivity index (χ2n) is 4.77. The Labute approximate surface area is 107 Å². The number of esters is 1. The Balaban J connectivity index is 2.02. The zero-order valence-corrected chi connectivity index (χ0v) is 10.7. The second kappa shape index (κ2) is 5.21. The number of likely N-dealkylation sites (tertiary alicyclic amines) is 1. The molecule has 0 radical (unpaired) electrons. The third-order valence-corrected chi connectivity index (χ3v) is 3.16. The quantitative estimate of drug-likeness (QED) is 0.766. The van der Waals surface area contributed by atoms with Gasteiger partial charge in [0.2, 0.25) is 5.91 Å². The van der Waals surface area contributed by atoms with E-state index in [9.17, 15) is 9.59 Å². The van der Waals surface area contributed by atoms with Crippen LogP contribution < -0.4 is 0 Å². The van der Waals surface area contributed by atoms with E-state index in [0.717, 1.165) is 12.1 Å². The van der Waals surface area contributed by atoms with Crippen molar-refractivity contribution in [2.75, 3.05) is 13.7 Å². The topological polar surface area (TPSA) is 46.6 Å². The molecule has 1 aliphatic rings. The summed E-state index contributed by atoms with van der Waals surface area (Å²) in [6.45, 7) is 3.51. The zero-order valence-electron chi connectivity index (χ0n) is 10.7. The van der Waals surface area contributed by atoms with Crippen LogP contribution in [0.4, 0.5) is 0 Å². The van der Waals surface area contributed by atoms with Gasteiger partial charge >= 0.3 is 5.97 Å². The normalized spacial score (nSPS) is 19.1. The lowest BCUT2D eigenvalue weighted by molar-refractivity contribution is -0.128. The largest absolute Gasteiger partial charge is 0.465 e. The fourth-order valence-corrected chi connectivity index (χ4v) is 2.21. The molecule has 1 unspecified atom stereocenters. The summed E-state index contributed by atoms with van der Waals surface area (Å²) in [7, 11) is 1.36. The van der Waals surface area contributed by atoms with E-state index in [1.54, 1.807) is 12.1 Å². The summed E-state index contributed by atoms with van der Waals surface area (Å²) in [6, 6.07) is 7.18. The number of benzene rings is 1. The standard InChI is InChI=1S/C14H17NO3/c1-10-7-13(16)15(8-10)9-11-3-5-12(6-4-11)14(17)18-2/h3-6,10H,7-9H2,1-2H3. The molecule has 1 heterocycles. The predicted molar refractivity (Wildman–Crippen MR) is 67.0 cm³/mol. The van der Waals surface area contributed by atoms with Gasteiger partial charge in [-0.15, -0.1) is 0 Å². The number of rotatable bonds is 3. The number of carbonyl (C=O) groups excluding carboxylic acids is 2. The summed E-state index contributed by atoms with van der Waals surface area (Å²) in [4.78, 5) is 24.8. The van der Waals surface area contributed by atoms with Gasteiger partial charge in [0.15, 0.2) is 0 Å². The van der Waals surface area contributed by atoms with Crippen molar-refractivity contribution in [3.63, 3.8) is 0 Å². The van der Waals surface area contributed by atoms with Crippen molar-refractivity contribution in [3.05, 3.63) is 35.4 Å². The van der Waals surface area contributed by atoms with E-state index in [-0.39, 0.29) is 11.9 Å². The van der Waals surface area contributed by atoms with Gasteiger partial charge in [-0.25, -0.2) is 4.79 Å². The molecule has 0 aromatic heterocycles. The molecule has 1 amide bonds. The number of ether oxygens (including phenoxy) is 1. The van der Waals surface area contributed by atoms with Crippen molar-refractivity contribution in [2.45, 2.75) is 19.9 Å². The molecule has 2 rings (SSSR count). The van der Waals surface area contributed by atoms with E-state index in [1.807, 2.05) is 17.0 Å². The molecule has 1 saturated heterocycles. The minimum atomic E-state index is -0.340. The van der Waals surface area contributed by atoms with Crippen molar-refractivity contribution in [1.29, 1.82) is 0 Å². The lowest BCUT2D eigenvalue weighted by Gasteiger charge is -2.16. The van der Waals surface area contributed by atoms with Gasteiger partial charge in [-0.3, -0.25) is 4.79 Å². The maximum atomic E-state index is 11.7. The predicted octanol–water partition coefficient (Wildman–Crippen LogP) is 1.84. The molecular formula is C14H17NO3. The number of hydrogen-bond acceptors (Lipinski definition) is 3. The van der Waals surface area contributed by atoms with Gasteiger partial charge < -0.3 is 9.64 Å². The molecule has 0 N–H and O–H groups in total. The molecule has 1 aromatic rings. The van der Waals surface area contributed by atoms with Crippen LogP contribution in [-0.4, -0.2) is 30.4 Å². The fourth-order valence-electron chi connectivity index (χ4n) is 2.21. The molecule has 0 saturated carbocycles. The summed E-state index contributed by atoms with van der Waals surface area (Å²) in [5, 5.41) is 0. The molecule has 96 valence electrons. The molecule has 0 aliphatic carbocycles. The highest BCUT2D eigenvalue weighted by molar-refractivity contribution is 5.89. The summed E-state index contributed by atoms with van der Waals surface area (Å²) in [5.74, 6) is 0.304. The SMILES string of the molecule is COC(=O)c1ccc(CN2CC(C)CC2=O)cc1. The van der Waals surface area contributed by atoms with Crippen molar-refractivity contribution < 1.29 is 14.3 Å². The van der Waals surface area contributed by atoms with E-state index in [0.29, 0.717) is 24.4 Å². The average molecular weight is 247 g/mol. The fraction of sp³-hybridized carbons (Fsp3) is 0.429. The van der Waals surface area contributed by atoms with Crippen LogP contribution >= 0.6 is 0 Å². The Bertz CT molecular complexity index is 453. The lowest BCUT2D eigenvalue weighted by atomic mass is 10.1. The third-order valence-electron chi connectivity index (χ3n) is 3.16.